The third-order valence-electron chi connectivity index (χ3n) is 3.28. The zero-order chi connectivity index (χ0) is 17.2. The quantitative estimate of drug-likeness (QED) is 0.290. The highest BCUT2D eigenvalue weighted by molar-refractivity contribution is 14.0. The average molecular weight is 458 g/mol. The van der Waals surface area contributed by atoms with Crippen LogP contribution in [0.2, 0.25) is 0 Å². The van der Waals surface area contributed by atoms with E-state index in [1.54, 1.807) is 25.4 Å². The molecule has 1 heterocycles. The van der Waals surface area contributed by atoms with Gasteiger partial charge in [0.2, 0.25) is 0 Å². The lowest BCUT2D eigenvalue weighted by atomic mass is 10.1. The standard InChI is InChI=1S/C18H23FN4O.HI/c1-3-21-18(22-9-10-24-16-5-4-8-20-13-16)23-12-15-6-7-17(19)14(2)11-15;/h4-8,11,13H,3,9-10,12H2,1-2H3,(H2,21,22,23);1H. The maximum Gasteiger partial charge on any atom is 0.191 e. The molecule has 0 aliphatic heterocycles. The Morgan fingerprint density at radius 3 is 2.80 bits per heavy atom. The predicted molar refractivity (Wildman–Crippen MR) is 109 cm³/mol. The van der Waals surface area contributed by atoms with E-state index in [0.29, 0.717) is 31.2 Å². The summed E-state index contributed by atoms with van der Waals surface area (Å²) >= 11 is 0. The second-order valence-electron chi connectivity index (χ2n) is 5.24. The van der Waals surface area contributed by atoms with Crippen LogP contribution in [0.3, 0.4) is 0 Å². The van der Waals surface area contributed by atoms with Crippen molar-refractivity contribution in [2.75, 3.05) is 19.7 Å². The largest absolute Gasteiger partial charge is 0.490 e. The molecule has 0 amide bonds. The number of nitrogens with zero attached hydrogens (tertiary/aromatic N) is 2. The summed E-state index contributed by atoms with van der Waals surface area (Å²) in [5, 5.41) is 6.38. The predicted octanol–water partition coefficient (Wildman–Crippen LogP) is 3.28. The van der Waals surface area contributed by atoms with Crippen molar-refractivity contribution >= 4 is 29.9 Å². The summed E-state index contributed by atoms with van der Waals surface area (Å²) in [4.78, 5) is 8.50. The highest BCUT2D eigenvalue weighted by Crippen LogP contribution is 2.10. The number of nitrogens with one attached hydrogen (secondary N) is 2. The molecule has 1 aromatic carbocycles. The molecule has 0 spiro atoms. The molecule has 0 bridgehead atoms. The lowest BCUT2D eigenvalue weighted by molar-refractivity contribution is 0.320. The normalized spacial score (nSPS) is 10.8. The number of guanidine groups is 1. The van der Waals surface area contributed by atoms with Crippen molar-refractivity contribution in [3.05, 3.63) is 59.7 Å². The summed E-state index contributed by atoms with van der Waals surface area (Å²) in [5.74, 6) is 1.25. The van der Waals surface area contributed by atoms with Crippen LogP contribution in [0.4, 0.5) is 4.39 Å². The highest BCUT2D eigenvalue weighted by Gasteiger charge is 2.01. The van der Waals surface area contributed by atoms with E-state index in [-0.39, 0.29) is 29.8 Å². The van der Waals surface area contributed by atoms with E-state index < -0.39 is 0 Å². The smallest absolute Gasteiger partial charge is 0.191 e. The summed E-state index contributed by atoms with van der Waals surface area (Å²) in [6.07, 6.45) is 3.38. The van der Waals surface area contributed by atoms with Crippen molar-refractivity contribution in [1.82, 2.24) is 15.6 Å². The number of benzene rings is 1. The molecule has 0 unspecified atom stereocenters. The molecule has 0 saturated heterocycles. The van der Waals surface area contributed by atoms with Gasteiger partial charge >= 0.3 is 0 Å². The maximum atomic E-state index is 13.3. The Kier molecular flexibility index (Phi) is 9.83. The highest BCUT2D eigenvalue weighted by atomic mass is 127. The minimum Gasteiger partial charge on any atom is -0.490 e. The topological polar surface area (TPSA) is 58.5 Å². The van der Waals surface area contributed by atoms with Crippen molar-refractivity contribution in [2.45, 2.75) is 20.4 Å². The van der Waals surface area contributed by atoms with Gasteiger partial charge in [-0.15, -0.1) is 24.0 Å². The zero-order valence-electron chi connectivity index (χ0n) is 14.5. The Morgan fingerprint density at radius 1 is 1.28 bits per heavy atom. The number of halogens is 2. The molecule has 2 rings (SSSR count). The molecule has 0 atom stereocenters. The first-order chi connectivity index (χ1) is 11.7. The van der Waals surface area contributed by atoms with Crippen molar-refractivity contribution in [1.29, 1.82) is 0 Å². The molecular formula is C18H24FIN4O. The van der Waals surface area contributed by atoms with Crippen LogP contribution in [0.5, 0.6) is 5.75 Å². The van der Waals surface area contributed by atoms with Gasteiger partial charge in [0.1, 0.15) is 18.2 Å². The molecular weight excluding hydrogens is 434 g/mol. The van der Waals surface area contributed by atoms with Crippen LogP contribution in [-0.2, 0) is 6.54 Å². The van der Waals surface area contributed by atoms with E-state index in [2.05, 4.69) is 20.6 Å². The van der Waals surface area contributed by atoms with Crippen LogP contribution in [0.1, 0.15) is 18.1 Å². The van der Waals surface area contributed by atoms with E-state index in [1.807, 2.05) is 25.1 Å². The number of aryl methyl sites for hydroxylation is 1. The molecule has 0 aliphatic carbocycles. The Bertz CT molecular complexity index is 667. The second-order valence-corrected chi connectivity index (χ2v) is 5.24. The minimum absolute atomic E-state index is 0. The molecule has 0 aliphatic rings. The number of hydrogen-bond donors (Lipinski definition) is 2. The Balaban J connectivity index is 0.00000312. The average Bonchev–Trinajstić information content (AvgIpc) is 2.60. The van der Waals surface area contributed by atoms with Crippen molar-refractivity contribution in [3.8, 4) is 5.75 Å². The molecule has 136 valence electrons. The Labute approximate surface area is 165 Å². The number of aliphatic imine (C=N–C) groups is 1. The van der Waals surface area contributed by atoms with Gasteiger partial charge in [-0.1, -0.05) is 12.1 Å². The fraction of sp³-hybridized carbons (Fsp3) is 0.333. The number of hydrogen-bond acceptors (Lipinski definition) is 3. The van der Waals surface area contributed by atoms with E-state index in [4.69, 9.17) is 4.74 Å². The fourth-order valence-electron chi connectivity index (χ4n) is 2.09. The van der Waals surface area contributed by atoms with E-state index in [0.717, 1.165) is 17.9 Å². The number of rotatable bonds is 7. The first-order valence-electron chi connectivity index (χ1n) is 7.99. The molecule has 2 N–H and O–H groups in total. The number of pyridine rings is 1. The summed E-state index contributed by atoms with van der Waals surface area (Å²) in [7, 11) is 0. The van der Waals surface area contributed by atoms with Gasteiger partial charge in [0.15, 0.2) is 5.96 Å². The van der Waals surface area contributed by atoms with Gasteiger partial charge < -0.3 is 15.4 Å². The third-order valence-corrected chi connectivity index (χ3v) is 3.28. The van der Waals surface area contributed by atoms with E-state index in [1.165, 1.54) is 6.07 Å². The molecule has 0 fully saturated rings. The van der Waals surface area contributed by atoms with E-state index in [9.17, 15) is 4.39 Å². The lowest BCUT2D eigenvalue weighted by Gasteiger charge is -2.12. The second kappa shape index (κ2) is 11.6. The third kappa shape index (κ3) is 7.68. The first-order valence-corrected chi connectivity index (χ1v) is 7.99. The first kappa shape index (κ1) is 21.1. The molecule has 7 heteroatoms. The summed E-state index contributed by atoms with van der Waals surface area (Å²) < 4.78 is 18.9. The lowest BCUT2D eigenvalue weighted by Crippen LogP contribution is -2.39. The fourth-order valence-corrected chi connectivity index (χ4v) is 2.09. The van der Waals surface area contributed by atoms with Crippen LogP contribution >= 0.6 is 24.0 Å². The van der Waals surface area contributed by atoms with Crippen LogP contribution in [0, 0.1) is 12.7 Å². The van der Waals surface area contributed by atoms with Crippen LogP contribution < -0.4 is 15.4 Å². The van der Waals surface area contributed by atoms with Gasteiger partial charge in [0.25, 0.3) is 0 Å². The molecule has 2 aromatic rings. The van der Waals surface area contributed by atoms with Crippen molar-refractivity contribution < 1.29 is 9.13 Å². The van der Waals surface area contributed by atoms with Gasteiger partial charge in [0, 0.05) is 12.7 Å². The van der Waals surface area contributed by atoms with Gasteiger partial charge in [0.05, 0.1) is 19.3 Å². The number of aromatic nitrogens is 1. The van der Waals surface area contributed by atoms with E-state index >= 15 is 0 Å². The zero-order valence-corrected chi connectivity index (χ0v) is 16.8. The van der Waals surface area contributed by atoms with Crippen LogP contribution in [0.25, 0.3) is 0 Å². The maximum absolute atomic E-state index is 13.3. The van der Waals surface area contributed by atoms with Gasteiger partial charge in [-0.05, 0) is 43.2 Å². The SMILES string of the molecule is CCNC(=NCc1ccc(F)c(C)c1)NCCOc1cccnc1.I. The number of ether oxygens (including phenoxy) is 1. The minimum atomic E-state index is -0.194. The van der Waals surface area contributed by atoms with Crippen LogP contribution in [-0.4, -0.2) is 30.6 Å². The Hall–Kier alpha value is -1.90. The summed E-state index contributed by atoms with van der Waals surface area (Å²) in [6.45, 7) is 6.12. The molecule has 25 heavy (non-hydrogen) atoms. The molecule has 1 aromatic heterocycles. The van der Waals surface area contributed by atoms with Crippen molar-refractivity contribution in [3.63, 3.8) is 0 Å². The van der Waals surface area contributed by atoms with Crippen LogP contribution in [0.15, 0.2) is 47.7 Å². The summed E-state index contributed by atoms with van der Waals surface area (Å²) in [6, 6.07) is 8.74. The molecule has 0 radical (unpaired) electrons. The Morgan fingerprint density at radius 2 is 2.12 bits per heavy atom. The molecule has 0 saturated carbocycles. The van der Waals surface area contributed by atoms with Gasteiger partial charge in [-0.2, -0.15) is 0 Å². The van der Waals surface area contributed by atoms with Crippen molar-refractivity contribution in [2.24, 2.45) is 4.99 Å². The van der Waals surface area contributed by atoms with Gasteiger partial charge in [-0.3, -0.25) is 4.98 Å². The summed E-state index contributed by atoms with van der Waals surface area (Å²) in [5.41, 5.74) is 1.60. The molecule has 5 nitrogen and oxygen atoms in total. The van der Waals surface area contributed by atoms with Gasteiger partial charge in [-0.25, -0.2) is 9.38 Å². The monoisotopic (exact) mass is 458 g/mol.